The third kappa shape index (κ3) is 4.97. The minimum absolute atomic E-state index is 0.0458. The standard InChI is InChI=1S/C22H25N5O3S2/c1-12-7-9-13(10-8-12)27(21(30)18-15(23)16(19(24)28)26-32-18)17(14-6-5-11-31-14)20(29)25-22(2,3)4/h5-11,17H,23H2,1-4H3,(H2,24,28)(H,25,29)/t17-/m1/s1. The van der Waals surface area contributed by atoms with E-state index in [0.29, 0.717) is 10.6 Å². The van der Waals surface area contributed by atoms with E-state index in [2.05, 4.69) is 9.69 Å². The summed E-state index contributed by atoms with van der Waals surface area (Å²) in [6.07, 6.45) is 0. The molecule has 10 heteroatoms. The maximum absolute atomic E-state index is 13.8. The molecular formula is C22H25N5O3S2. The Morgan fingerprint density at radius 3 is 2.28 bits per heavy atom. The van der Waals surface area contributed by atoms with Crippen molar-refractivity contribution in [2.45, 2.75) is 39.3 Å². The molecule has 0 aliphatic rings. The van der Waals surface area contributed by atoms with E-state index >= 15 is 0 Å². The second-order valence-corrected chi connectivity index (χ2v) is 10.1. The molecule has 0 aliphatic carbocycles. The van der Waals surface area contributed by atoms with Crippen LogP contribution in [0.1, 0.15) is 57.4 Å². The number of hydrogen-bond acceptors (Lipinski definition) is 7. The van der Waals surface area contributed by atoms with Gasteiger partial charge in [0, 0.05) is 16.1 Å². The number of benzene rings is 1. The van der Waals surface area contributed by atoms with Gasteiger partial charge in [-0.25, -0.2) is 0 Å². The number of nitrogen functional groups attached to an aromatic ring is 1. The van der Waals surface area contributed by atoms with Crippen LogP contribution >= 0.6 is 22.9 Å². The zero-order chi connectivity index (χ0) is 23.6. The number of rotatable bonds is 6. The summed E-state index contributed by atoms with van der Waals surface area (Å²) in [6.45, 7) is 7.54. The number of anilines is 2. The molecule has 0 radical (unpaired) electrons. The third-order valence-electron chi connectivity index (χ3n) is 4.50. The van der Waals surface area contributed by atoms with Gasteiger partial charge in [-0.15, -0.1) is 11.3 Å². The predicted molar refractivity (Wildman–Crippen MR) is 128 cm³/mol. The lowest BCUT2D eigenvalue weighted by Gasteiger charge is -2.33. The van der Waals surface area contributed by atoms with E-state index in [4.69, 9.17) is 11.5 Å². The number of aromatic nitrogens is 1. The van der Waals surface area contributed by atoms with Gasteiger partial charge in [0.1, 0.15) is 4.88 Å². The number of nitrogens with one attached hydrogen (secondary N) is 1. The Hall–Kier alpha value is -3.24. The van der Waals surface area contributed by atoms with E-state index in [-0.39, 0.29) is 22.2 Å². The number of nitrogens with zero attached hydrogens (tertiary/aromatic N) is 2. The first kappa shape index (κ1) is 23.4. The number of nitrogens with two attached hydrogens (primary N) is 2. The number of hydrogen-bond donors (Lipinski definition) is 3. The summed E-state index contributed by atoms with van der Waals surface area (Å²) in [4.78, 5) is 41.0. The SMILES string of the molecule is Cc1ccc(N(C(=O)c2snc(C(N)=O)c2N)[C@@H](C(=O)NC(C)(C)C)c2cccs2)cc1. The maximum atomic E-state index is 13.8. The van der Waals surface area contributed by atoms with Crippen LogP contribution in [0.2, 0.25) is 0 Å². The first-order valence-corrected chi connectivity index (χ1v) is 11.5. The molecule has 168 valence electrons. The average molecular weight is 472 g/mol. The van der Waals surface area contributed by atoms with Gasteiger partial charge in [0.2, 0.25) is 5.91 Å². The Bertz CT molecular complexity index is 1130. The molecular weight excluding hydrogens is 446 g/mol. The lowest BCUT2D eigenvalue weighted by molar-refractivity contribution is -0.123. The summed E-state index contributed by atoms with van der Waals surface area (Å²) in [5.74, 6) is -1.70. The van der Waals surface area contributed by atoms with Gasteiger partial charge in [0.15, 0.2) is 11.7 Å². The minimum atomic E-state index is -0.956. The van der Waals surface area contributed by atoms with Gasteiger partial charge in [-0.1, -0.05) is 23.8 Å². The highest BCUT2D eigenvalue weighted by Crippen LogP contribution is 2.35. The van der Waals surface area contributed by atoms with Crippen molar-refractivity contribution in [3.05, 3.63) is 62.8 Å². The highest BCUT2D eigenvalue weighted by molar-refractivity contribution is 7.10. The molecule has 8 nitrogen and oxygen atoms in total. The molecule has 0 saturated carbocycles. The van der Waals surface area contributed by atoms with Crippen LogP contribution in [0.15, 0.2) is 41.8 Å². The van der Waals surface area contributed by atoms with Crippen LogP contribution in [-0.4, -0.2) is 27.6 Å². The minimum Gasteiger partial charge on any atom is -0.395 e. The molecule has 1 aromatic carbocycles. The quantitative estimate of drug-likeness (QED) is 0.506. The molecule has 3 amide bonds. The van der Waals surface area contributed by atoms with Crippen LogP contribution in [0, 0.1) is 6.92 Å². The van der Waals surface area contributed by atoms with Crippen LogP contribution in [-0.2, 0) is 4.79 Å². The van der Waals surface area contributed by atoms with Crippen LogP contribution in [0.25, 0.3) is 0 Å². The first-order valence-electron chi connectivity index (χ1n) is 9.80. The summed E-state index contributed by atoms with van der Waals surface area (Å²) in [5.41, 5.74) is 12.1. The predicted octanol–water partition coefficient (Wildman–Crippen LogP) is 3.50. The molecule has 2 aromatic heterocycles. The van der Waals surface area contributed by atoms with Gasteiger partial charge in [-0.05, 0) is 62.8 Å². The van der Waals surface area contributed by atoms with Crippen molar-refractivity contribution in [3.8, 4) is 0 Å². The number of aryl methyl sites for hydroxylation is 1. The normalized spacial score (nSPS) is 12.2. The molecule has 3 aromatic rings. The van der Waals surface area contributed by atoms with Crippen molar-refractivity contribution >= 4 is 52.0 Å². The van der Waals surface area contributed by atoms with Crippen molar-refractivity contribution < 1.29 is 14.4 Å². The van der Waals surface area contributed by atoms with Gasteiger partial charge in [-0.2, -0.15) is 4.37 Å². The van der Waals surface area contributed by atoms with Crippen LogP contribution in [0.3, 0.4) is 0 Å². The van der Waals surface area contributed by atoms with Gasteiger partial charge in [0.05, 0.1) is 5.69 Å². The lowest BCUT2D eigenvalue weighted by Crippen LogP contribution is -2.49. The number of carbonyl (C=O) groups excluding carboxylic acids is 3. The molecule has 0 unspecified atom stereocenters. The van der Waals surface area contributed by atoms with Gasteiger partial charge < -0.3 is 16.8 Å². The summed E-state index contributed by atoms with van der Waals surface area (Å²) in [5, 5.41) is 4.81. The fourth-order valence-electron chi connectivity index (χ4n) is 3.09. The van der Waals surface area contributed by atoms with E-state index in [0.717, 1.165) is 17.1 Å². The van der Waals surface area contributed by atoms with E-state index in [1.807, 2.05) is 51.3 Å². The molecule has 2 heterocycles. The van der Waals surface area contributed by atoms with E-state index < -0.39 is 23.4 Å². The van der Waals surface area contributed by atoms with Gasteiger partial charge in [0.25, 0.3) is 11.8 Å². The van der Waals surface area contributed by atoms with Gasteiger partial charge >= 0.3 is 0 Å². The molecule has 5 N–H and O–H groups in total. The highest BCUT2D eigenvalue weighted by Gasteiger charge is 2.37. The third-order valence-corrected chi connectivity index (χ3v) is 6.28. The van der Waals surface area contributed by atoms with Crippen LogP contribution in [0.4, 0.5) is 11.4 Å². The first-order chi connectivity index (χ1) is 15.0. The summed E-state index contributed by atoms with van der Waals surface area (Å²) in [7, 11) is 0. The second-order valence-electron chi connectivity index (χ2n) is 8.31. The van der Waals surface area contributed by atoms with Crippen molar-refractivity contribution in [3.63, 3.8) is 0 Å². The molecule has 0 saturated heterocycles. The number of amides is 3. The molecule has 0 spiro atoms. The fourth-order valence-corrected chi connectivity index (χ4v) is 4.64. The Morgan fingerprint density at radius 2 is 1.78 bits per heavy atom. The van der Waals surface area contributed by atoms with Crippen molar-refractivity contribution in [2.75, 3.05) is 10.6 Å². The molecule has 0 fully saturated rings. The molecule has 0 aliphatic heterocycles. The summed E-state index contributed by atoms with van der Waals surface area (Å²) in [6, 6.07) is 9.91. The number of primary amides is 1. The Balaban J connectivity index is 2.18. The van der Waals surface area contributed by atoms with Crippen molar-refractivity contribution in [1.29, 1.82) is 0 Å². The molecule has 0 bridgehead atoms. The fraction of sp³-hybridized carbons (Fsp3) is 0.273. The Morgan fingerprint density at radius 1 is 1.12 bits per heavy atom. The number of carbonyl (C=O) groups is 3. The van der Waals surface area contributed by atoms with Crippen LogP contribution < -0.4 is 21.7 Å². The van der Waals surface area contributed by atoms with E-state index in [9.17, 15) is 14.4 Å². The maximum Gasteiger partial charge on any atom is 0.273 e. The lowest BCUT2D eigenvalue weighted by atomic mass is 10.1. The van der Waals surface area contributed by atoms with Crippen molar-refractivity contribution in [1.82, 2.24) is 9.69 Å². The average Bonchev–Trinajstić information content (AvgIpc) is 3.34. The summed E-state index contributed by atoms with van der Waals surface area (Å²) < 4.78 is 3.95. The molecule has 1 atom stereocenters. The van der Waals surface area contributed by atoms with Crippen molar-refractivity contribution in [2.24, 2.45) is 5.73 Å². The largest absolute Gasteiger partial charge is 0.395 e. The highest BCUT2D eigenvalue weighted by atomic mass is 32.1. The number of thiophene rings is 1. The zero-order valence-electron chi connectivity index (χ0n) is 18.2. The molecule has 3 rings (SSSR count). The van der Waals surface area contributed by atoms with E-state index in [1.165, 1.54) is 16.2 Å². The zero-order valence-corrected chi connectivity index (χ0v) is 19.8. The van der Waals surface area contributed by atoms with Crippen LogP contribution in [0.5, 0.6) is 0 Å². The Labute approximate surface area is 194 Å². The van der Waals surface area contributed by atoms with Gasteiger partial charge in [-0.3, -0.25) is 19.3 Å². The topological polar surface area (TPSA) is 131 Å². The molecule has 32 heavy (non-hydrogen) atoms. The summed E-state index contributed by atoms with van der Waals surface area (Å²) >= 11 is 2.15. The second kappa shape index (κ2) is 9.09. The smallest absolute Gasteiger partial charge is 0.273 e. The van der Waals surface area contributed by atoms with E-state index in [1.54, 1.807) is 18.2 Å². The monoisotopic (exact) mass is 471 g/mol. The Kier molecular flexibility index (Phi) is 6.65.